The number of hydrogen-bond donors (Lipinski definition) is 0. The lowest BCUT2D eigenvalue weighted by Crippen LogP contribution is -2.42. The number of methoxy groups -OCH3 is 1. The summed E-state index contributed by atoms with van der Waals surface area (Å²) in [6.45, 7) is 0.976. The lowest BCUT2D eigenvalue weighted by molar-refractivity contribution is 0.0674. The van der Waals surface area contributed by atoms with E-state index in [2.05, 4.69) is 0 Å². The van der Waals surface area contributed by atoms with Gasteiger partial charge >= 0.3 is 0 Å². The van der Waals surface area contributed by atoms with Crippen molar-refractivity contribution in [3.63, 3.8) is 0 Å². The molecule has 0 aromatic heterocycles. The number of rotatable bonds is 6. The molecule has 0 bridgehead atoms. The molecule has 5 nitrogen and oxygen atoms in total. The third kappa shape index (κ3) is 4.21. The normalized spacial score (nSPS) is 20.0. The molecular formula is C15H20ClNO4S. The van der Waals surface area contributed by atoms with Crippen LogP contribution in [-0.2, 0) is 14.6 Å². The van der Waals surface area contributed by atoms with Crippen LogP contribution >= 0.6 is 11.6 Å². The molecule has 1 amide bonds. The number of amides is 1. The van der Waals surface area contributed by atoms with Gasteiger partial charge in [-0.1, -0.05) is 23.7 Å². The van der Waals surface area contributed by atoms with E-state index in [4.69, 9.17) is 16.3 Å². The summed E-state index contributed by atoms with van der Waals surface area (Å²) < 4.78 is 28.4. The molecule has 1 unspecified atom stereocenters. The highest BCUT2D eigenvalue weighted by Gasteiger charge is 2.35. The number of ether oxygens (including phenoxy) is 1. The Morgan fingerprint density at radius 3 is 2.73 bits per heavy atom. The molecule has 1 aliphatic rings. The molecule has 0 saturated carbocycles. The van der Waals surface area contributed by atoms with Crippen molar-refractivity contribution in [2.45, 2.75) is 18.9 Å². The smallest absolute Gasteiger partial charge is 0.255 e. The fraction of sp³-hybridized carbons (Fsp3) is 0.533. The first-order chi connectivity index (χ1) is 10.4. The quantitative estimate of drug-likeness (QED) is 0.740. The molecule has 0 spiro atoms. The summed E-state index contributed by atoms with van der Waals surface area (Å²) in [5.74, 6) is -0.0615. The lowest BCUT2D eigenvalue weighted by Gasteiger charge is -2.28. The first-order valence-electron chi connectivity index (χ1n) is 7.19. The van der Waals surface area contributed by atoms with Crippen molar-refractivity contribution in [2.24, 2.45) is 0 Å². The van der Waals surface area contributed by atoms with Gasteiger partial charge in [-0.05, 0) is 25.0 Å². The van der Waals surface area contributed by atoms with Crippen LogP contribution in [0.15, 0.2) is 24.3 Å². The number of sulfone groups is 1. The van der Waals surface area contributed by atoms with Crippen LogP contribution in [0.3, 0.4) is 0 Å². The Labute approximate surface area is 136 Å². The van der Waals surface area contributed by atoms with Gasteiger partial charge in [0.2, 0.25) is 0 Å². The number of nitrogens with zero attached hydrogens (tertiary/aromatic N) is 1. The second-order valence-electron chi connectivity index (χ2n) is 5.38. The van der Waals surface area contributed by atoms with Crippen LogP contribution in [0.25, 0.3) is 0 Å². The minimum Gasteiger partial charge on any atom is -0.385 e. The number of benzene rings is 1. The van der Waals surface area contributed by atoms with Crippen molar-refractivity contribution in [1.82, 2.24) is 4.90 Å². The standard InChI is InChI=1S/C15H20ClNO4S/c1-21-9-4-8-17(12-7-10-22(19,20)11-12)15(18)13-5-2-3-6-14(13)16/h2-3,5-6,12H,4,7-11H2,1H3. The summed E-state index contributed by atoms with van der Waals surface area (Å²) in [6, 6.07) is 6.54. The fourth-order valence-electron chi connectivity index (χ4n) is 2.64. The molecule has 1 saturated heterocycles. The van der Waals surface area contributed by atoms with Gasteiger partial charge in [0, 0.05) is 26.3 Å². The molecule has 7 heteroatoms. The summed E-state index contributed by atoms with van der Waals surface area (Å²) in [5.41, 5.74) is 0.408. The Hall–Kier alpha value is -1.11. The number of halogens is 1. The zero-order valence-electron chi connectivity index (χ0n) is 12.5. The Morgan fingerprint density at radius 2 is 2.14 bits per heavy atom. The van der Waals surface area contributed by atoms with Gasteiger partial charge < -0.3 is 9.64 Å². The predicted octanol–water partition coefficient (Wildman–Crippen LogP) is 2.01. The summed E-state index contributed by atoms with van der Waals surface area (Å²) in [6.07, 6.45) is 1.13. The van der Waals surface area contributed by atoms with Crippen LogP contribution in [-0.4, -0.2) is 57.0 Å². The summed E-state index contributed by atoms with van der Waals surface area (Å²) in [5, 5.41) is 0.380. The van der Waals surface area contributed by atoms with Crippen LogP contribution in [0.2, 0.25) is 5.02 Å². The molecular weight excluding hydrogens is 326 g/mol. The van der Waals surface area contributed by atoms with Crippen LogP contribution < -0.4 is 0 Å². The maximum atomic E-state index is 12.8. The maximum absolute atomic E-state index is 12.8. The van der Waals surface area contributed by atoms with Gasteiger partial charge in [-0.15, -0.1) is 0 Å². The summed E-state index contributed by atoms with van der Waals surface area (Å²) in [4.78, 5) is 14.4. The van der Waals surface area contributed by atoms with Gasteiger partial charge in [-0.2, -0.15) is 0 Å². The largest absolute Gasteiger partial charge is 0.385 e. The van der Waals surface area contributed by atoms with Crippen molar-refractivity contribution in [3.8, 4) is 0 Å². The topological polar surface area (TPSA) is 63.7 Å². The molecule has 0 aliphatic carbocycles. The minimum absolute atomic E-state index is 0.0240. The summed E-state index contributed by atoms with van der Waals surface area (Å²) in [7, 11) is -1.46. The lowest BCUT2D eigenvalue weighted by atomic mass is 10.1. The highest BCUT2D eigenvalue weighted by atomic mass is 35.5. The highest BCUT2D eigenvalue weighted by Crippen LogP contribution is 2.23. The van der Waals surface area contributed by atoms with Crippen molar-refractivity contribution in [1.29, 1.82) is 0 Å². The maximum Gasteiger partial charge on any atom is 0.255 e. The predicted molar refractivity (Wildman–Crippen MR) is 86.0 cm³/mol. The molecule has 1 fully saturated rings. The minimum atomic E-state index is -3.06. The number of carbonyl (C=O) groups excluding carboxylic acids is 1. The molecule has 0 N–H and O–H groups in total. The van der Waals surface area contributed by atoms with E-state index in [0.29, 0.717) is 36.6 Å². The fourth-order valence-corrected chi connectivity index (χ4v) is 4.59. The molecule has 1 atom stereocenters. The van der Waals surface area contributed by atoms with E-state index in [1.165, 1.54) is 0 Å². The Balaban J connectivity index is 2.20. The second kappa shape index (κ2) is 7.44. The molecule has 1 aromatic carbocycles. The van der Waals surface area contributed by atoms with Crippen molar-refractivity contribution in [2.75, 3.05) is 31.8 Å². The van der Waals surface area contributed by atoms with E-state index in [0.717, 1.165) is 0 Å². The number of hydrogen-bond acceptors (Lipinski definition) is 4. The van der Waals surface area contributed by atoms with E-state index >= 15 is 0 Å². The van der Waals surface area contributed by atoms with Crippen molar-refractivity contribution in [3.05, 3.63) is 34.9 Å². The van der Waals surface area contributed by atoms with E-state index in [1.807, 2.05) is 0 Å². The average Bonchev–Trinajstić information content (AvgIpc) is 2.83. The zero-order chi connectivity index (χ0) is 16.2. The monoisotopic (exact) mass is 345 g/mol. The molecule has 1 aliphatic heterocycles. The van der Waals surface area contributed by atoms with Gasteiger partial charge in [0.1, 0.15) is 0 Å². The zero-order valence-corrected chi connectivity index (χ0v) is 14.1. The van der Waals surface area contributed by atoms with Gasteiger partial charge in [-0.3, -0.25) is 4.79 Å². The van der Waals surface area contributed by atoms with Gasteiger partial charge in [0.25, 0.3) is 5.91 Å². The number of carbonyl (C=O) groups is 1. The van der Waals surface area contributed by atoms with E-state index < -0.39 is 9.84 Å². The van der Waals surface area contributed by atoms with Crippen molar-refractivity contribution >= 4 is 27.3 Å². The van der Waals surface area contributed by atoms with E-state index in [1.54, 1.807) is 36.3 Å². The van der Waals surface area contributed by atoms with Crippen LogP contribution in [0.5, 0.6) is 0 Å². The van der Waals surface area contributed by atoms with Crippen molar-refractivity contribution < 1.29 is 17.9 Å². The molecule has 0 radical (unpaired) electrons. The third-order valence-corrected chi connectivity index (χ3v) is 5.84. The Morgan fingerprint density at radius 1 is 1.41 bits per heavy atom. The van der Waals surface area contributed by atoms with Crippen LogP contribution in [0.4, 0.5) is 0 Å². The van der Waals surface area contributed by atoms with Gasteiger partial charge in [0.05, 0.1) is 22.1 Å². The highest BCUT2D eigenvalue weighted by molar-refractivity contribution is 7.91. The Kier molecular flexibility index (Phi) is 5.83. The van der Waals surface area contributed by atoms with Crippen LogP contribution in [0, 0.1) is 0 Å². The first kappa shape index (κ1) is 17.2. The Bertz CT molecular complexity index is 632. The SMILES string of the molecule is COCCCN(C(=O)c1ccccc1Cl)C1CCS(=O)(=O)C1. The van der Waals surface area contributed by atoms with E-state index in [9.17, 15) is 13.2 Å². The molecule has 2 rings (SSSR count). The second-order valence-corrected chi connectivity index (χ2v) is 8.02. The van der Waals surface area contributed by atoms with Gasteiger partial charge in [-0.25, -0.2) is 8.42 Å². The average molecular weight is 346 g/mol. The first-order valence-corrected chi connectivity index (χ1v) is 9.39. The van der Waals surface area contributed by atoms with Crippen LogP contribution in [0.1, 0.15) is 23.2 Å². The van der Waals surface area contributed by atoms with E-state index in [-0.39, 0.29) is 23.5 Å². The molecule has 1 heterocycles. The molecule has 22 heavy (non-hydrogen) atoms. The van der Waals surface area contributed by atoms with Gasteiger partial charge in [0.15, 0.2) is 9.84 Å². The molecule has 1 aromatic rings. The summed E-state index contributed by atoms with van der Waals surface area (Å²) >= 11 is 6.10. The third-order valence-electron chi connectivity index (χ3n) is 3.76. The molecule has 122 valence electrons.